The van der Waals surface area contributed by atoms with Gasteiger partial charge in [-0.25, -0.2) is 0 Å². The highest BCUT2D eigenvalue weighted by molar-refractivity contribution is 5.21. The Kier molecular flexibility index (Phi) is 5.98. The van der Waals surface area contributed by atoms with Crippen molar-refractivity contribution in [3.63, 3.8) is 0 Å². The number of methoxy groups -OCH3 is 1. The van der Waals surface area contributed by atoms with E-state index < -0.39 is 0 Å². The molecule has 0 aliphatic heterocycles. The Morgan fingerprint density at radius 3 is 2.38 bits per heavy atom. The molecule has 0 aliphatic carbocycles. The summed E-state index contributed by atoms with van der Waals surface area (Å²) in [6.07, 6.45) is 0.109. The van der Waals surface area contributed by atoms with E-state index in [0.717, 1.165) is 5.75 Å². The fraction of sp³-hybridized carbons (Fsp3) is 0.455. The minimum Gasteiger partial charge on any atom is -0.488 e. The van der Waals surface area contributed by atoms with Gasteiger partial charge in [-0.1, -0.05) is 25.6 Å². The first-order valence-electron chi connectivity index (χ1n) is 4.03. The molecule has 1 aromatic carbocycles. The molecule has 0 heterocycles. The van der Waals surface area contributed by atoms with Crippen LogP contribution in [0.5, 0.6) is 5.75 Å². The van der Waals surface area contributed by atoms with Gasteiger partial charge in [-0.15, -0.1) is 0 Å². The maximum absolute atomic E-state index is 5.53. The van der Waals surface area contributed by atoms with Gasteiger partial charge in [-0.05, 0) is 19.1 Å². The number of ether oxygens (including phenoxy) is 2. The molecule has 1 unspecified atom stereocenters. The van der Waals surface area contributed by atoms with Crippen LogP contribution < -0.4 is 4.74 Å². The summed E-state index contributed by atoms with van der Waals surface area (Å²) in [6.45, 7) is 2.60. The summed E-state index contributed by atoms with van der Waals surface area (Å²) >= 11 is 0. The minimum atomic E-state index is 0. The van der Waals surface area contributed by atoms with Crippen molar-refractivity contribution in [2.24, 2.45) is 0 Å². The normalized spacial score (nSPS) is 11.5. The van der Waals surface area contributed by atoms with Crippen molar-refractivity contribution in [3.8, 4) is 5.75 Å². The predicted molar refractivity (Wildman–Crippen MR) is 55.1 cm³/mol. The zero-order valence-electron chi connectivity index (χ0n) is 7.49. The number of hydrogen-bond donors (Lipinski definition) is 0. The lowest BCUT2D eigenvalue weighted by Crippen LogP contribution is -2.17. The van der Waals surface area contributed by atoms with Gasteiger partial charge in [0.1, 0.15) is 11.9 Å². The van der Waals surface area contributed by atoms with Crippen molar-refractivity contribution in [1.29, 1.82) is 0 Å². The largest absolute Gasteiger partial charge is 0.488 e. The molecule has 0 radical (unpaired) electrons. The Bertz CT molecular complexity index is 209. The maximum atomic E-state index is 5.53. The molecule has 0 amide bonds. The van der Waals surface area contributed by atoms with E-state index in [9.17, 15) is 0 Å². The van der Waals surface area contributed by atoms with Crippen LogP contribution in [0.3, 0.4) is 0 Å². The summed E-state index contributed by atoms with van der Waals surface area (Å²) in [5.41, 5.74) is 0. The van der Waals surface area contributed by atoms with Gasteiger partial charge in [0, 0.05) is 7.11 Å². The van der Waals surface area contributed by atoms with Crippen LogP contribution in [-0.4, -0.2) is 19.8 Å². The van der Waals surface area contributed by atoms with Gasteiger partial charge < -0.3 is 9.47 Å². The number of benzene rings is 1. The molecular formula is C11H18O2. The quantitative estimate of drug-likeness (QED) is 0.712. The second-order valence-electron chi connectivity index (χ2n) is 2.70. The second kappa shape index (κ2) is 6.49. The zero-order valence-corrected chi connectivity index (χ0v) is 7.49. The molecule has 1 aromatic rings. The second-order valence-corrected chi connectivity index (χ2v) is 2.70. The van der Waals surface area contributed by atoms with Crippen molar-refractivity contribution in [3.05, 3.63) is 30.3 Å². The third-order valence-corrected chi connectivity index (χ3v) is 1.48. The molecule has 0 aliphatic rings. The van der Waals surface area contributed by atoms with Crippen molar-refractivity contribution >= 4 is 0 Å². The monoisotopic (exact) mass is 182 g/mol. The maximum Gasteiger partial charge on any atom is 0.119 e. The lowest BCUT2D eigenvalue weighted by molar-refractivity contribution is 0.0921. The third kappa shape index (κ3) is 4.53. The molecule has 0 fully saturated rings. The van der Waals surface area contributed by atoms with E-state index in [1.807, 2.05) is 37.3 Å². The number of rotatable bonds is 4. The van der Waals surface area contributed by atoms with E-state index in [1.54, 1.807) is 7.11 Å². The van der Waals surface area contributed by atoms with Gasteiger partial charge in [0.15, 0.2) is 0 Å². The lowest BCUT2D eigenvalue weighted by atomic mass is 10.3. The Balaban J connectivity index is 0.00000144. The first kappa shape index (κ1) is 12.0. The molecule has 2 nitrogen and oxygen atoms in total. The van der Waals surface area contributed by atoms with Crippen molar-refractivity contribution < 1.29 is 9.47 Å². The average molecular weight is 182 g/mol. The van der Waals surface area contributed by atoms with Gasteiger partial charge in [-0.3, -0.25) is 0 Å². The van der Waals surface area contributed by atoms with Gasteiger partial charge in [0.25, 0.3) is 0 Å². The van der Waals surface area contributed by atoms with Crippen LogP contribution in [0, 0.1) is 0 Å². The number of para-hydroxylation sites is 1. The highest BCUT2D eigenvalue weighted by atomic mass is 16.5. The summed E-state index contributed by atoms with van der Waals surface area (Å²) < 4.78 is 10.5. The lowest BCUT2D eigenvalue weighted by Gasteiger charge is -2.12. The van der Waals surface area contributed by atoms with Gasteiger partial charge in [0.2, 0.25) is 0 Å². The van der Waals surface area contributed by atoms with Crippen LogP contribution in [0.25, 0.3) is 0 Å². The van der Waals surface area contributed by atoms with E-state index in [2.05, 4.69) is 0 Å². The Morgan fingerprint density at radius 1 is 1.23 bits per heavy atom. The summed E-state index contributed by atoms with van der Waals surface area (Å²) in [6, 6.07) is 9.75. The van der Waals surface area contributed by atoms with E-state index in [-0.39, 0.29) is 13.5 Å². The van der Waals surface area contributed by atoms with E-state index in [4.69, 9.17) is 9.47 Å². The van der Waals surface area contributed by atoms with Crippen LogP contribution >= 0.6 is 0 Å². The molecule has 1 atom stereocenters. The van der Waals surface area contributed by atoms with Gasteiger partial charge >= 0.3 is 0 Å². The molecule has 0 spiro atoms. The van der Waals surface area contributed by atoms with Crippen LogP contribution in [0.1, 0.15) is 14.4 Å². The predicted octanol–water partition coefficient (Wildman–Crippen LogP) is 2.74. The molecule has 0 saturated heterocycles. The van der Waals surface area contributed by atoms with E-state index in [1.165, 1.54) is 0 Å². The molecule has 13 heavy (non-hydrogen) atoms. The van der Waals surface area contributed by atoms with E-state index in [0.29, 0.717) is 6.61 Å². The highest BCUT2D eigenvalue weighted by Crippen LogP contribution is 2.10. The molecule has 2 heteroatoms. The van der Waals surface area contributed by atoms with Gasteiger partial charge in [-0.2, -0.15) is 0 Å². The fourth-order valence-corrected chi connectivity index (χ4v) is 1.00. The van der Waals surface area contributed by atoms with Crippen molar-refractivity contribution in [1.82, 2.24) is 0 Å². The Labute approximate surface area is 80.5 Å². The molecular weight excluding hydrogens is 164 g/mol. The van der Waals surface area contributed by atoms with Gasteiger partial charge in [0.05, 0.1) is 6.61 Å². The average Bonchev–Trinajstić information content (AvgIpc) is 2.06. The minimum absolute atomic E-state index is 0. The molecule has 0 saturated carbocycles. The SMILES string of the molecule is C.COCC(C)Oc1ccccc1. The van der Waals surface area contributed by atoms with E-state index >= 15 is 0 Å². The summed E-state index contributed by atoms with van der Waals surface area (Å²) in [4.78, 5) is 0. The first-order valence-corrected chi connectivity index (χ1v) is 4.03. The molecule has 0 bridgehead atoms. The third-order valence-electron chi connectivity index (χ3n) is 1.48. The first-order chi connectivity index (χ1) is 5.83. The topological polar surface area (TPSA) is 18.5 Å². The number of hydrogen-bond acceptors (Lipinski definition) is 2. The summed E-state index contributed by atoms with van der Waals surface area (Å²) in [5, 5.41) is 0. The van der Waals surface area contributed by atoms with Crippen molar-refractivity contribution in [2.45, 2.75) is 20.5 Å². The highest BCUT2D eigenvalue weighted by Gasteiger charge is 2.01. The van der Waals surface area contributed by atoms with Crippen molar-refractivity contribution in [2.75, 3.05) is 13.7 Å². The molecule has 0 N–H and O–H groups in total. The zero-order chi connectivity index (χ0) is 8.81. The fourth-order valence-electron chi connectivity index (χ4n) is 1.00. The summed E-state index contributed by atoms with van der Waals surface area (Å²) in [7, 11) is 1.67. The van der Waals surface area contributed by atoms with Crippen LogP contribution in [0.15, 0.2) is 30.3 Å². The molecule has 74 valence electrons. The standard InChI is InChI=1S/C10H14O2.CH4/c1-9(8-11-2)12-10-6-4-3-5-7-10;/h3-7,9H,8H2,1-2H3;1H4. The van der Waals surface area contributed by atoms with Crippen LogP contribution in [0.2, 0.25) is 0 Å². The Hall–Kier alpha value is -1.02. The molecule has 1 rings (SSSR count). The van der Waals surface area contributed by atoms with Crippen LogP contribution in [0.4, 0.5) is 0 Å². The smallest absolute Gasteiger partial charge is 0.119 e. The Morgan fingerprint density at radius 2 is 1.85 bits per heavy atom. The molecule has 0 aromatic heterocycles. The summed E-state index contributed by atoms with van der Waals surface area (Å²) in [5.74, 6) is 0.891. The van der Waals surface area contributed by atoms with Crippen LogP contribution in [-0.2, 0) is 4.74 Å².